The third-order valence-electron chi connectivity index (χ3n) is 3.13. The molecule has 2 aromatic carbocycles. The quantitative estimate of drug-likeness (QED) is 0.650. The van der Waals surface area contributed by atoms with Gasteiger partial charge < -0.3 is 0 Å². The zero-order chi connectivity index (χ0) is 17.2. The fourth-order valence-corrected chi connectivity index (χ4v) is 4.14. The van der Waals surface area contributed by atoms with Crippen LogP contribution in [-0.2, 0) is 14.8 Å². The van der Waals surface area contributed by atoms with Gasteiger partial charge in [-0.25, -0.2) is 8.42 Å². The minimum atomic E-state index is -3.96. The third kappa shape index (κ3) is 4.07. The van der Waals surface area contributed by atoms with Crippen LogP contribution in [0.4, 0.5) is 5.69 Å². The standard InChI is InChI=1S/C15H12BrCl2NO3S/c1-10(15(18)20)19(13-6-4-12(17)5-7-13)23(21,22)14-8-2-11(16)3-9-14/h2-10H,1H3. The molecule has 0 aliphatic rings. The molecule has 0 saturated carbocycles. The number of hydrogen-bond acceptors (Lipinski definition) is 3. The lowest BCUT2D eigenvalue weighted by Gasteiger charge is -2.28. The van der Waals surface area contributed by atoms with Crippen molar-refractivity contribution >= 4 is 60.1 Å². The fourth-order valence-electron chi connectivity index (χ4n) is 1.97. The zero-order valence-corrected chi connectivity index (χ0v) is 15.8. The van der Waals surface area contributed by atoms with Crippen LogP contribution in [0.15, 0.2) is 57.9 Å². The lowest BCUT2D eigenvalue weighted by atomic mass is 10.3. The van der Waals surface area contributed by atoms with Gasteiger partial charge in [-0.1, -0.05) is 27.5 Å². The minimum Gasteiger partial charge on any atom is -0.279 e. The van der Waals surface area contributed by atoms with E-state index in [9.17, 15) is 13.2 Å². The Bertz CT molecular complexity index is 808. The Balaban J connectivity index is 2.58. The van der Waals surface area contributed by atoms with Crippen LogP contribution >= 0.6 is 39.1 Å². The average molecular weight is 437 g/mol. The number of carbonyl (C=O) groups is 1. The number of carbonyl (C=O) groups excluding carboxylic acids is 1. The Kier molecular flexibility index (Phi) is 5.73. The van der Waals surface area contributed by atoms with Gasteiger partial charge in [0.2, 0.25) is 5.24 Å². The Hall–Kier alpha value is -1.08. The second-order valence-corrected chi connectivity index (χ2v) is 8.25. The normalized spacial score (nSPS) is 12.7. The minimum absolute atomic E-state index is 0.0559. The summed E-state index contributed by atoms with van der Waals surface area (Å²) in [6.45, 7) is 1.43. The summed E-state index contributed by atoms with van der Waals surface area (Å²) in [4.78, 5) is 11.6. The maximum absolute atomic E-state index is 12.9. The van der Waals surface area contributed by atoms with E-state index in [2.05, 4.69) is 15.9 Å². The van der Waals surface area contributed by atoms with Crippen molar-refractivity contribution in [1.29, 1.82) is 0 Å². The largest absolute Gasteiger partial charge is 0.279 e. The van der Waals surface area contributed by atoms with Gasteiger partial charge in [0.05, 0.1) is 10.6 Å². The first-order valence-corrected chi connectivity index (χ1v) is 9.47. The number of sulfonamides is 1. The van der Waals surface area contributed by atoms with E-state index in [1.54, 1.807) is 24.3 Å². The smallest absolute Gasteiger partial charge is 0.265 e. The summed E-state index contributed by atoms with van der Waals surface area (Å²) in [6.07, 6.45) is 0. The number of hydrogen-bond donors (Lipinski definition) is 0. The maximum Gasteiger partial charge on any atom is 0.265 e. The van der Waals surface area contributed by atoms with Crippen molar-refractivity contribution in [2.75, 3.05) is 4.31 Å². The summed E-state index contributed by atoms with van der Waals surface area (Å²) in [6, 6.07) is 11.2. The molecule has 23 heavy (non-hydrogen) atoms. The molecular formula is C15H12BrCl2NO3S. The molecule has 4 nitrogen and oxygen atoms in total. The van der Waals surface area contributed by atoms with E-state index in [4.69, 9.17) is 23.2 Å². The Morgan fingerprint density at radius 2 is 1.61 bits per heavy atom. The Labute approximate surface area is 153 Å². The van der Waals surface area contributed by atoms with E-state index < -0.39 is 21.3 Å². The van der Waals surface area contributed by atoms with Crippen LogP contribution in [0, 0.1) is 0 Å². The highest BCUT2D eigenvalue weighted by molar-refractivity contribution is 9.10. The summed E-state index contributed by atoms with van der Waals surface area (Å²) >= 11 is 14.6. The SMILES string of the molecule is CC(C(=O)Cl)N(c1ccc(Cl)cc1)S(=O)(=O)c1ccc(Br)cc1. The van der Waals surface area contributed by atoms with Gasteiger partial charge in [-0.2, -0.15) is 0 Å². The molecule has 1 unspecified atom stereocenters. The molecule has 0 aromatic heterocycles. The van der Waals surface area contributed by atoms with Gasteiger partial charge in [0.15, 0.2) is 0 Å². The van der Waals surface area contributed by atoms with E-state index in [1.165, 1.54) is 31.2 Å². The van der Waals surface area contributed by atoms with Crippen molar-refractivity contribution < 1.29 is 13.2 Å². The van der Waals surface area contributed by atoms with Crippen molar-refractivity contribution in [3.8, 4) is 0 Å². The van der Waals surface area contributed by atoms with E-state index in [1.807, 2.05) is 0 Å². The van der Waals surface area contributed by atoms with Crippen LogP contribution in [0.25, 0.3) is 0 Å². The summed E-state index contributed by atoms with van der Waals surface area (Å²) in [5.74, 6) is 0. The van der Waals surface area contributed by atoms with Crippen molar-refractivity contribution in [2.24, 2.45) is 0 Å². The Morgan fingerprint density at radius 1 is 1.09 bits per heavy atom. The predicted octanol–water partition coefficient (Wildman–Crippen LogP) is 4.45. The van der Waals surface area contributed by atoms with Crippen molar-refractivity contribution in [2.45, 2.75) is 17.9 Å². The number of nitrogens with zero attached hydrogens (tertiary/aromatic N) is 1. The van der Waals surface area contributed by atoms with Crippen LogP contribution in [0.1, 0.15) is 6.92 Å². The van der Waals surface area contributed by atoms with Crippen molar-refractivity contribution in [1.82, 2.24) is 0 Å². The topological polar surface area (TPSA) is 54.5 Å². The first kappa shape index (κ1) is 18.3. The van der Waals surface area contributed by atoms with Crippen LogP contribution in [0.2, 0.25) is 5.02 Å². The lowest BCUT2D eigenvalue weighted by Crippen LogP contribution is -2.42. The van der Waals surface area contributed by atoms with Crippen LogP contribution in [-0.4, -0.2) is 19.7 Å². The third-order valence-corrected chi connectivity index (χ3v) is 6.14. The van der Waals surface area contributed by atoms with Crippen LogP contribution in [0.3, 0.4) is 0 Å². The molecule has 0 saturated heterocycles. The van der Waals surface area contributed by atoms with Crippen molar-refractivity contribution in [3.63, 3.8) is 0 Å². The second kappa shape index (κ2) is 7.21. The maximum atomic E-state index is 12.9. The number of halogens is 3. The van der Waals surface area contributed by atoms with E-state index in [0.717, 1.165) is 8.78 Å². The highest BCUT2D eigenvalue weighted by Gasteiger charge is 2.32. The lowest BCUT2D eigenvalue weighted by molar-refractivity contribution is -0.112. The molecule has 1 atom stereocenters. The van der Waals surface area contributed by atoms with Crippen LogP contribution < -0.4 is 4.31 Å². The molecule has 0 amide bonds. The molecule has 0 N–H and O–H groups in total. The zero-order valence-electron chi connectivity index (χ0n) is 11.9. The molecule has 0 heterocycles. The summed E-state index contributed by atoms with van der Waals surface area (Å²) in [5, 5.41) is -0.319. The molecule has 0 bridgehead atoms. The van der Waals surface area contributed by atoms with E-state index in [0.29, 0.717) is 10.7 Å². The first-order chi connectivity index (χ1) is 10.7. The highest BCUT2D eigenvalue weighted by Crippen LogP contribution is 2.28. The molecule has 0 fully saturated rings. The van der Waals surface area contributed by atoms with Gasteiger partial charge in [-0.15, -0.1) is 0 Å². The fraction of sp³-hybridized carbons (Fsp3) is 0.133. The number of rotatable bonds is 5. The highest BCUT2D eigenvalue weighted by atomic mass is 79.9. The van der Waals surface area contributed by atoms with Gasteiger partial charge in [0.25, 0.3) is 10.0 Å². The van der Waals surface area contributed by atoms with Gasteiger partial charge in [0.1, 0.15) is 6.04 Å². The first-order valence-electron chi connectivity index (χ1n) is 6.48. The van der Waals surface area contributed by atoms with Gasteiger partial charge in [-0.3, -0.25) is 9.10 Å². The summed E-state index contributed by atoms with van der Waals surface area (Å²) < 4.78 is 27.6. The number of benzene rings is 2. The molecular weight excluding hydrogens is 425 g/mol. The average Bonchev–Trinajstić information content (AvgIpc) is 2.49. The molecule has 0 spiro atoms. The molecule has 0 radical (unpaired) electrons. The van der Waals surface area contributed by atoms with E-state index in [-0.39, 0.29) is 4.90 Å². The monoisotopic (exact) mass is 435 g/mol. The van der Waals surface area contributed by atoms with E-state index >= 15 is 0 Å². The molecule has 2 aromatic rings. The molecule has 8 heteroatoms. The van der Waals surface area contributed by atoms with Gasteiger partial charge in [0, 0.05) is 9.50 Å². The van der Waals surface area contributed by atoms with Gasteiger partial charge in [-0.05, 0) is 67.1 Å². The second-order valence-electron chi connectivity index (χ2n) is 4.71. The molecule has 0 aliphatic carbocycles. The van der Waals surface area contributed by atoms with Crippen molar-refractivity contribution in [3.05, 3.63) is 58.0 Å². The predicted molar refractivity (Wildman–Crippen MR) is 95.6 cm³/mol. The van der Waals surface area contributed by atoms with Crippen LogP contribution in [0.5, 0.6) is 0 Å². The summed E-state index contributed by atoms with van der Waals surface area (Å²) in [5.41, 5.74) is 0.304. The molecule has 122 valence electrons. The summed E-state index contributed by atoms with van der Waals surface area (Å²) in [7, 11) is -3.96. The van der Waals surface area contributed by atoms with Gasteiger partial charge >= 0.3 is 0 Å². The Morgan fingerprint density at radius 3 is 2.09 bits per heavy atom. The molecule has 2 rings (SSSR count). The molecule has 0 aliphatic heterocycles. The number of anilines is 1.